The molecule has 0 aliphatic carbocycles. The molecule has 2 aromatic carbocycles. The molecular formula is C32H43FN4O4. The lowest BCUT2D eigenvalue weighted by atomic mass is 9.95. The van der Waals surface area contributed by atoms with Crippen LogP contribution in [-0.4, -0.2) is 59.2 Å². The number of carbonyl (C=O) groups excluding carboxylic acids is 2. The number of amides is 2. The lowest BCUT2D eigenvalue weighted by Gasteiger charge is -2.33. The molecule has 2 amide bonds. The number of benzene rings is 2. The van der Waals surface area contributed by atoms with Crippen molar-refractivity contribution in [1.29, 1.82) is 0 Å². The number of nitrogens with zero attached hydrogens (tertiary/aromatic N) is 3. The molecule has 1 saturated heterocycles. The largest absolute Gasteiger partial charge is 0.444 e. The lowest BCUT2D eigenvalue weighted by Crippen LogP contribution is -2.50. The van der Waals surface area contributed by atoms with Crippen molar-refractivity contribution in [3.8, 4) is 0 Å². The highest BCUT2D eigenvalue weighted by molar-refractivity contribution is 5.84. The van der Waals surface area contributed by atoms with E-state index in [2.05, 4.69) is 28.2 Å². The summed E-state index contributed by atoms with van der Waals surface area (Å²) >= 11 is 0. The number of halogens is 1. The summed E-state index contributed by atoms with van der Waals surface area (Å²) in [5.41, 5.74) is 1.41. The number of likely N-dealkylation sites (tertiary alicyclic amines) is 1. The van der Waals surface area contributed by atoms with Crippen LogP contribution >= 0.6 is 0 Å². The van der Waals surface area contributed by atoms with E-state index in [-0.39, 0.29) is 6.09 Å². The van der Waals surface area contributed by atoms with Gasteiger partial charge >= 0.3 is 12.2 Å². The number of ether oxygens (including phenoxy) is 2. The highest BCUT2D eigenvalue weighted by Gasteiger charge is 2.59. The number of alkyl carbamates (subject to hydrolysis) is 1. The number of fused-ring (bicyclic) bond motifs is 4. The third-order valence-corrected chi connectivity index (χ3v) is 7.19. The molecule has 0 spiro atoms. The fraction of sp³-hybridized carbons (Fsp3) is 0.500. The van der Waals surface area contributed by atoms with Crippen molar-refractivity contribution in [1.82, 2.24) is 14.8 Å². The Morgan fingerprint density at radius 2 is 1.61 bits per heavy atom. The van der Waals surface area contributed by atoms with Crippen LogP contribution in [0.4, 0.5) is 19.7 Å². The maximum absolute atomic E-state index is 15.5. The summed E-state index contributed by atoms with van der Waals surface area (Å²) in [6.07, 6.45) is 1.77. The maximum Gasteiger partial charge on any atom is 0.412 e. The van der Waals surface area contributed by atoms with Crippen molar-refractivity contribution in [3.05, 3.63) is 65.9 Å². The van der Waals surface area contributed by atoms with Crippen molar-refractivity contribution in [3.63, 3.8) is 0 Å². The average molecular weight is 567 g/mol. The van der Waals surface area contributed by atoms with Crippen molar-refractivity contribution < 1.29 is 23.5 Å². The number of hydrogen-bond donors (Lipinski definition) is 1. The van der Waals surface area contributed by atoms with Gasteiger partial charge in [0, 0.05) is 62.0 Å². The van der Waals surface area contributed by atoms with Crippen LogP contribution in [0.1, 0.15) is 59.1 Å². The van der Waals surface area contributed by atoms with E-state index in [1.54, 1.807) is 0 Å². The number of rotatable bonds is 3. The van der Waals surface area contributed by atoms with E-state index >= 15 is 4.39 Å². The van der Waals surface area contributed by atoms with Gasteiger partial charge in [-0.05, 0) is 65.7 Å². The summed E-state index contributed by atoms with van der Waals surface area (Å²) < 4.78 is 28.2. The number of aryl methyl sites for hydroxylation is 1. The van der Waals surface area contributed by atoms with Gasteiger partial charge in [-0.2, -0.15) is 0 Å². The Labute approximate surface area is 242 Å². The van der Waals surface area contributed by atoms with E-state index in [1.165, 1.54) is 21.4 Å². The second-order valence-corrected chi connectivity index (χ2v) is 12.7. The highest BCUT2D eigenvalue weighted by atomic mass is 19.1. The van der Waals surface area contributed by atoms with E-state index in [9.17, 15) is 9.59 Å². The minimum atomic E-state index is -1.51. The Morgan fingerprint density at radius 3 is 2.29 bits per heavy atom. The molecule has 2 atom stereocenters. The molecule has 9 heteroatoms. The first-order chi connectivity index (χ1) is 19.1. The number of para-hydroxylation sites is 2. The highest BCUT2D eigenvalue weighted by Crippen LogP contribution is 2.52. The Bertz CT molecular complexity index is 1410. The van der Waals surface area contributed by atoms with Crippen molar-refractivity contribution in [2.75, 3.05) is 25.0 Å². The molecule has 0 saturated carbocycles. The van der Waals surface area contributed by atoms with Crippen LogP contribution in [0.25, 0.3) is 10.9 Å². The van der Waals surface area contributed by atoms with Crippen molar-refractivity contribution in [2.24, 2.45) is 7.05 Å². The Kier molecular flexibility index (Phi) is 8.30. The quantitative estimate of drug-likeness (QED) is 0.391. The molecule has 0 radical (unpaired) electrons. The second-order valence-electron chi connectivity index (χ2n) is 12.7. The molecule has 2 aliphatic rings. The second kappa shape index (κ2) is 11.3. The Balaban J connectivity index is 0.000000189. The average Bonchev–Trinajstić information content (AvgIpc) is 3.46. The normalized spacial score (nSPS) is 19.8. The zero-order valence-electron chi connectivity index (χ0n) is 25.5. The number of likely N-dealkylation sites (N-methyl/N-ethyl adjacent to an activating group) is 1. The van der Waals surface area contributed by atoms with Crippen LogP contribution in [0.3, 0.4) is 0 Å². The van der Waals surface area contributed by atoms with Gasteiger partial charge < -0.3 is 24.3 Å². The number of nitrogens with one attached hydrogen (secondary N) is 1. The molecule has 1 aromatic heterocycles. The zero-order chi connectivity index (χ0) is 30.2. The van der Waals surface area contributed by atoms with Gasteiger partial charge in [-0.1, -0.05) is 36.4 Å². The van der Waals surface area contributed by atoms with Gasteiger partial charge in [0.1, 0.15) is 17.4 Å². The van der Waals surface area contributed by atoms with Crippen LogP contribution < -0.4 is 10.2 Å². The monoisotopic (exact) mass is 566 g/mol. The van der Waals surface area contributed by atoms with Crippen LogP contribution in [0.2, 0.25) is 0 Å². The summed E-state index contributed by atoms with van der Waals surface area (Å²) in [6.45, 7) is 12.0. The van der Waals surface area contributed by atoms with E-state index in [0.29, 0.717) is 25.1 Å². The Hall–Kier alpha value is -3.75. The number of carbonyl (C=O) groups is 2. The summed E-state index contributed by atoms with van der Waals surface area (Å²) in [7, 11) is 3.86. The van der Waals surface area contributed by atoms with E-state index in [4.69, 9.17) is 9.47 Å². The summed E-state index contributed by atoms with van der Waals surface area (Å²) in [6, 6.07) is 15.7. The summed E-state index contributed by atoms with van der Waals surface area (Å²) in [4.78, 5) is 27.3. The van der Waals surface area contributed by atoms with Crippen molar-refractivity contribution >= 4 is 28.8 Å². The first-order valence-corrected chi connectivity index (χ1v) is 14.1. The molecule has 0 unspecified atom stereocenters. The molecular weight excluding hydrogens is 523 g/mol. The van der Waals surface area contributed by atoms with Crippen molar-refractivity contribution in [2.45, 2.75) is 77.4 Å². The molecule has 5 rings (SSSR count). The summed E-state index contributed by atoms with van der Waals surface area (Å²) in [5.74, 6) is 0. The zero-order valence-corrected chi connectivity index (χ0v) is 25.5. The van der Waals surface area contributed by atoms with Gasteiger partial charge in [0.2, 0.25) is 0 Å². The molecule has 3 aromatic rings. The first kappa shape index (κ1) is 30.2. The third-order valence-electron chi connectivity index (χ3n) is 7.19. The van der Waals surface area contributed by atoms with Crippen LogP contribution in [0.5, 0.6) is 0 Å². The number of alkyl halides is 1. The topological polar surface area (TPSA) is 76.0 Å². The fourth-order valence-electron chi connectivity index (χ4n) is 5.59. The molecule has 1 fully saturated rings. The molecule has 1 N–H and O–H groups in total. The molecule has 0 bridgehead atoms. The molecule has 41 heavy (non-hydrogen) atoms. The van der Waals surface area contributed by atoms with Gasteiger partial charge in [-0.3, -0.25) is 4.90 Å². The smallest absolute Gasteiger partial charge is 0.412 e. The Morgan fingerprint density at radius 1 is 0.976 bits per heavy atom. The number of anilines is 1. The van der Waals surface area contributed by atoms with E-state index in [1.807, 2.05) is 96.9 Å². The summed E-state index contributed by atoms with van der Waals surface area (Å²) in [5, 5.41) is 4.03. The minimum Gasteiger partial charge on any atom is -0.444 e. The maximum atomic E-state index is 15.5. The molecule has 8 nitrogen and oxygen atoms in total. The van der Waals surface area contributed by atoms with Gasteiger partial charge in [0.05, 0.1) is 0 Å². The van der Waals surface area contributed by atoms with Crippen LogP contribution in [-0.2, 0) is 28.6 Å². The van der Waals surface area contributed by atoms with Gasteiger partial charge in [-0.25, -0.2) is 14.0 Å². The van der Waals surface area contributed by atoms with Gasteiger partial charge in [0.15, 0.2) is 5.67 Å². The van der Waals surface area contributed by atoms with Gasteiger partial charge in [0.25, 0.3) is 0 Å². The SMILES string of the molecule is CN1c2ccccc2[C@]2(F)CCN(C(=O)OC(C)(C)C)[C@H]12.Cn1cc(CCNC(=O)OC(C)(C)C)c2ccccc21. The van der Waals surface area contributed by atoms with Crippen LogP contribution in [0, 0.1) is 0 Å². The molecule has 2 aliphatic heterocycles. The standard InChI is InChI=1S/C16H21FN2O2.C16H22N2O2/c1-15(2,3)21-14(20)19-10-9-16(17)11-7-5-6-8-12(11)18(4)13(16)19;1-16(2,3)20-15(19)17-10-9-12-11-18(4)14-8-6-5-7-13(12)14/h5-8,13H,9-10H2,1-4H3;5-8,11H,9-10H2,1-4H3,(H,17,19)/t13-,16+;/m0./s1. The minimum absolute atomic E-state index is 0.304. The van der Waals surface area contributed by atoms with E-state index in [0.717, 1.165) is 12.1 Å². The number of hydrogen-bond acceptors (Lipinski definition) is 5. The predicted octanol–water partition coefficient (Wildman–Crippen LogP) is 6.51. The van der Waals surface area contributed by atoms with Crippen LogP contribution in [0.15, 0.2) is 54.7 Å². The lowest BCUT2D eigenvalue weighted by molar-refractivity contribution is 0.0138. The van der Waals surface area contributed by atoms with E-state index < -0.39 is 29.1 Å². The van der Waals surface area contributed by atoms with Gasteiger partial charge in [-0.15, -0.1) is 0 Å². The predicted molar refractivity (Wildman–Crippen MR) is 160 cm³/mol. The molecule has 222 valence electrons. The fourth-order valence-corrected chi connectivity index (χ4v) is 5.59. The molecule has 3 heterocycles. The third kappa shape index (κ3) is 6.60. The first-order valence-electron chi connectivity index (χ1n) is 14.1. The number of aromatic nitrogens is 1.